The van der Waals surface area contributed by atoms with Crippen molar-refractivity contribution in [2.45, 2.75) is 6.92 Å². The topological polar surface area (TPSA) is 67.9 Å². The van der Waals surface area contributed by atoms with Crippen LogP contribution in [0.15, 0.2) is 6.07 Å². The molecule has 1 aliphatic heterocycles. The number of nitrogens with one attached hydrogen (secondary N) is 1. The minimum Gasteiger partial charge on any atom is -0.465 e. The van der Waals surface area contributed by atoms with Gasteiger partial charge < -0.3 is 14.4 Å². The van der Waals surface area contributed by atoms with Crippen LogP contribution in [0.5, 0.6) is 0 Å². The highest BCUT2D eigenvalue weighted by molar-refractivity contribution is 7.16. The molecule has 0 radical (unpaired) electrons. The number of ether oxygens (including phenoxy) is 2. The average Bonchev–Trinajstić information content (AvgIpc) is 2.79. The van der Waals surface area contributed by atoms with Gasteiger partial charge in [0.1, 0.15) is 5.00 Å². The highest BCUT2D eigenvalue weighted by atomic mass is 32.1. The average molecular weight is 284 g/mol. The standard InChI is InChI=1S/C12H16N2O4S/c1-8-7-9(11(15)17-2)10(19-8)13-12(16)14-3-5-18-6-4-14/h7H,3-6H2,1-2H3,(H,13,16). The van der Waals surface area contributed by atoms with Gasteiger partial charge >= 0.3 is 12.0 Å². The van der Waals surface area contributed by atoms with Crippen LogP contribution >= 0.6 is 11.3 Å². The van der Waals surface area contributed by atoms with Gasteiger partial charge in [-0.05, 0) is 13.0 Å². The molecule has 2 rings (SSSR count). The van der Waals surface area contributed by atoms with E-state index in [9.17, 15) is 9.59 Å². The molecule has 19 heavy (non-hydrogen) atoms. The molecule has 0 atom stereocenters. The molecule has 1 aromatic heterocycles. The molecular formula is C12H16N2O4S. The van der Waals surface area contributed by atoms with Gasteiger partial charge in [-0.25, -0.2) is 9.59 Å². The lowest BCUT2D eigenvalue weighted by Gasteiger charge is -2.26. The number of rotatable bonds is 2. The third kappa shape index (κ3) is 3.24. The van der Waals surface area contributed by atoms with Crippen LogP contribution in [0.25, 0.3) is 0 Å². The number of nitrogens with zero attached hydrogens (tertiary/aromatic N) is 1. The number of morpholine rings is 1. The zero-order valence-corrected chi connectivity index (χ0v) is 11.7. The number of hydrogen-bond acceptors (Lipinski definition) is 5. The Hall–Kier alpha value is -1.60. The molecule has 0 spiro atoms. The molecule has 1 aromatic rings. The SMILES string of the molecule is COC(=O)c1cc(C)sc1NC(=O)N1CCOCC1. The van der Waals surface area contributed by atoms with E-state index in [2.05, 4.69) is 5.32 Å². The minimum atomic E-state index is -0.443. The second-order valence-corrected chi connectivity index (χ2v) is 5.38. The van der Waals surface area contributed by atoms with Gasteiger partial charge in [0.2, 0.25) is 0 Å². The number of methoxy groups -OCH3 is 1. The summed E-state index contributed by atoms with van der Waals surface area (Å²) in [6, 6.07) is 1.50. The Morgan fingerprint density at radius 1 is 1.42 bits per heavy atom. The van der Waals surface area contributed by atoms with Crippen LogP contribution in [0.1, 0.15) is 15.2 Å². The van der Waals surface area contributed by atoms with Crippen molar-refractivity contribution in [2.24, 2.45) is 0 Å². The van der Waals surface area contributed by atoms with Crippen molar-refractivity contribution in [2.75, 3.05) is 38.7 Å². The molecule has 1 aliphatic rings. The summed E-state index contributed by atoms with van der Waals surface area (Å²) in [6.07, 6.45) is 0. The molecule has 0 unspecified atom stereocenters. The van der Waals surface area contributed by atoms with Crippen LogP contribution in [0.3, 0.4) is 0 Å². The van der Waals surface area contributed by atoms with E-state index in [0.717, 1.165) is 4.88 Å². The largest absolute Gasteiger partial charge is 0.465 e. The number of urea groups is 1. The van der Waals surface area contributed by atoms with Crippen LogP contribution in [-0.2, 0) is 9.47 Å². The molecule has 2 heterocycles. The fraction of sp³-hybridized carbons (Fsp3) is 0.500. The molecule has 2 amide bonds. The molecular weight excluding hydrogens is 268 g/mol. The fourth-order valence-electron chi connectivity index (χ4n) is 1.81. The summed E-state index contributed by atoms with van der Waals surface area (Å²) < 4.78 is 9.89. The zero-order chi connectivity index (χ0) is 13.8. The molecule has 0 aliphatic carbocycles. The van der Waals surface area contributed by atoms with Gasteiger partial charge in [0.25, 0.3) is 0 Å². The lowest BCUT2D eigenvalue weighted by molar-refractivity contribution is 0.0564. The second-order valence-electron chi connectivity index (χ2n) is 4.12. The number of hydrogen-bond donors (Lipinski definition) is 1. The van der Waals surface area contributed by atoms with Crippen LogP contribution in [0, 0.1) is 6.92 Å². The molecule has 0 saturated carbocycles. The number of aryl methyl sites for hydroxylation is 1. The number of thiophene rings is 1. The van der Waals surface area contributed by atoms with E-state index in [-0.39, 0.29) is 6.03 Å². The van der Waals surface area contributed by atoms with Crippen molar-refractivity contribution < 1.29 is 19.1 Å². The van der Waals surface area contributed by atoms with E-state index in [1.807, 2.05) is 6.92 Å². The fourth-order valence-corrected chi connectivity index (χ4v) is 2.70. The van der Waals surface area contributed by atoms with E-state index >= 15 is 0 Å². The maximum atomic E-state index is 12.1. The number of carbonyl (C=O) groups is 2. The second kappa shape index (κ2) is 6.03. The lowest BCUT2D eigenvalue weighted by Crippen LogP contribution is -2.43. The van der Waals surface area contributed by atoms with Crippen molar-refractivity contribution in [1.29, 1.82) is 0 Å². The van der Waals surface area contributed by atoms with Gasteiger partial charge in [0.15, 0.2) is 0 Å². The monoisotopic (exact) mass is 284 g/mol. The molecule has 104 valence electrons. The first-order chi connectivity index (χ1) is 9.11. The Balaban J connectivity index is 2.09. The minimum absolute atomic E-state index is 0.213. The normalized spacial score (nSPS) is 15.2. The number of anilines is 1. The Labute approximate surface area is 115 Å². The summed E-state index contributed by atoms with van der Waals surface area (Å²) >= 11 is 1.36. The predicted molar refractivity (Wildman–Crippen MR) is 71.8 cm³/mol. The maximum absolute atomic E-state index is 12.1. The summed E-state index contributed by atoms with van der Waals surface area (Å²) in [4.78, 5) is 26.3. The third-order valence-electron chi connectivity index (χ3n) is 2.78. The molecule has 0 aromatic carbocycles. The van der Waals surface area contributed by atoms with Crippen LogP contribution < -0.4 is 5.32 Å². The van der Waals surface area contributed by atoms with E-state index in [1.54, 1.807) is 11.0 Å². The number of esters is 1. The molecule has 7 heteroatoms. The van der Waals surface area contributed by atoms with E-state index in [0.29, 0.717) is 36.9 Å². The van der Waals surface area contributed by atoms with Gasteiger partial charge in [-0.3, -0.25) is 5.32 Å². The Kier molecular flexibility index (Phi) is 4.39. The van der Waals surface area contributed by atoms with Crippen molar-refractivity contribution in [3.63, 3.8) is 0 Å². The van der Waals surface area contributed by atoms with E-state index < -0.39 is 5.97 Å². The summed E-state index contributed by atoms with van der Waals surface area (Å²) in [7, 11) is 1.32. The molecule has 1 fully saturated rings. The van der Waals surface area contributed by atoms with Crippen molar-refractivity contribution >= 4 is 28.3 Å². The number of amides is 2. The van der Waals surface area contributed by atoms with Gasteiger partial charge in [0, 0.05) is 18.0 Å². The van der Waals surface area contributed by atoms with E-state index in [1.165, 1.54) is 18.4 Å². The summed E-state index contributed by atoms with van der Waals surface area (Å²) in [6.45, 7) is 4.08. The molecule has 0 bridgehead atoms. The quantitative estimate of drug-likeness (QED) is 0.839. The lowest BCUT2D eigenvalue weighted by atomic mass is 10.3. The smallest absolute Gasteiger partial charge is 0.340 e. The van der Waals surface area contributed by atoms with Gasteiger partial charge in [-0.15, -0.1) is 11.3 Å². The van der Waals surface area contributed by atoms with E-state index in [4.69, 9.17) is 9.47 Å². The Morgan fingerprint density at radius 3 is 2.74 bits per heavy atom. The van der Waals surface area contributed by atoms with Gasteiger partial charge in [0.05, 0.1) is 25.9 Å². The first kappa shape index (κ1) is 13.8. The molecule has 1 saturated heterocycles. The van der Waals surface area contributed by atoms with Crippen molar-refractivity contribution in [3.8, 4) is 0 Å². The summed E-state index contributed by atoms with van der Waals surface area (Å²) in [5, 5.41) is 3.29. The predicted octanol–water partition coefficient (Wildman–Crippen LogP) is 1.71. The summed E-state index contributed by atoms with van der Waals surface area (Å²) in [5.41, 5.74) is 0.395. The summed E-state index contributed by atoms with van der Waals surface area (Å²) in [5.74, 6) is -0.443. The highest BCUT2D eigenvalue weighted by Gasteiger charge is 2.21. The first-order valence-electron chi connectivity index (χ1n) is 5.94. The van der Waals surface area contributed by atoms with Crippen LogP contribution in [0.2, 0.25) is 0 Å². The zero-order valence-electron chi connectivity index (χ0n) is 10.9. The number of carbonyl (C=O) groups excluding carboxylic acids is 2. The van der Waals surface area contributed by atoms with Crippen LogP contribution in [0.4, 0.5) is 9.80 Å². The molecule has 1 N–H and O–H groups in total. The maximum Gasteiger partial charge on any atom is 0.340 e. The van der Waals surface area contributed by atoms with Gasteiger partial charge in [-0.1, -0.05) is 0 Å². The highest BCUT2D eigenvalue weighted by Crippen LogP contribution is 2.28. The Morgan fingerprint density at radius 2 is 2.11 bits per heavy atom. The van der Waals surface area contributed by atoms with Crippen LogP contribution in [-0.4, -0.2) is 50.3 Å². The van der Waals surface area contributed by atoms with Crippen molar-refractivity contribution in [1.82, 2.24) is 4.90 Å². The molecule has 6 nitrogen and oxygen atoms in total. The Bertz CT molecular complexity index is 480. The van der Waals surface area contributed by atoms with Gasteiger partial charge in [-0.2, -0.15) is 0 Å². The first-order valence-corrected chi connectivity index (χ1v) is 6.76. The van der Waals surface area contributed by atoms with Crippen molar-refractivity contribution in [3.05, 3.63) is 16.5 Å². The third-order valence-corrected chi connectivity index (χ3v) is 3.75.